The van der Waals surface area contributed by atoms with Crippen molar-refractivity contribution in [3.05, 3.63) is 30.1 Å². The Morgan fingerprint density at radius 3 is 2.35 bits per heavy atom. The topological polar surface area (TPSA) is 68.7 Å². The van der Waals surface area contributed by atoms with E-state index in [1.54, 1.807) is 32.0 Å². The first-order valence-electron chi connectivity index (χ1n) is 5.51. The van der Waals surface area contributed by atoms with Crippen LogP contribution in [0.15, 0.2) is 24.4 Å². The molecule has 5 nitrogen and oxygen atoms in total. The van der Waals surface area contributed by atoms with E-state index >= 15 is 0 Å². The summed E-state index contributed by atoms with van der Waals surface area (Å²) in [7, 11) is -3.65. The van der Waals surface area contributed by atoms with Crippen molar-refractivity contribution in [2.24, 2.45) is 0 Å². The fraction of sp³-hybridized carbons (Fsp3) is 0.545. The molecule has 1 unspecified atom stereocenters. The Morgan fingerprint density at radius 1 is 1.35 bits per heavy atom. The standard InChI is InChI=1S/C11H18NO4P/c1-4-15-17(14,16-5-2)11(3,13)10-8-6-7-9-12-10/h6-9,13H,4-5H2,1-3H3. The molecule has 1 aromatic heterocycles. The minimum Gasteiger partial charge on any atom is -0.372 e. The van der Waals surface area contributed by atoms with Gasteiger partial charge in [-0.2, -0.15) is 0 Å². The van der Waals surface area contributed by atoms with Crippen molar-refractivity contribution in [1.29, 1.82) is 0 Å². The van der Waals surface area contributed by atoms with Gasteiger partial charge in [-0.25, -0.2) is 0 Å². The van der Waals surface area contributed by atoms with Crippen molar-refractivity contribution in [2.75, 3.05) is 13.2 Å². The Balaban J connectivity index is 3.13. The van der Waals surface area contributed by atoms with Gasteiger partial charge >= 0.3 is 7.60 Å². The summed E-state index contributed by atoms with van der Waals surface area (Å²) in [6, 6.07) is 5.01. The van der Waals surface area contributed by atoms with E-state index in [0.29, 0.717) is 0 Å². The monoisotopic (exact) mass is 259 g/mol. The number of nitrogens with zero attached hydrogens (tertiary/aromatic N) is 1. The molecule has 1 N–H and O–H groups in total. The predicted molar refractivity (Wildman–Crippen MR) is 64.7 cm³/mol. The lowest BCUT2D eigenvalue weighted by molar-refractivity contribution is 0.0770. The lowest BCUT2D eigenvalue weighted by atomic mass is 10.2. The van der Waals surface area contributed by atoms with E-state index < -0.39 is 12.9 Å². The number of hydrogen-bond acceptors (Lipinski definition) is 5. The smallest absolute Gasteiger partial charge is 0.367 e. The zero-order chi connectivity index (χ0) is 12.9. The third-order valence-electron chi connectivity index (χ3n) is 2.28. The molecular weight excluding hydrogens is 241 g/mol. The molecule has 1 heterocycles. The second-order valence-corrected chi connectivity index (χ2v) is 5.95. The maximum atomic E-state index is 12.5. The van der Waals surface area contributed by atoms with E-state index in [4.69, 9.17) is 9.05 Å². The summed E-state index contributed by atoms with van der Waals surface area (Å²) >= 11 is 0. The van der Waals surface area contributed by atoms with Crippen LogP contribution in [0.3, 0.4) is 0 Å². The molecule has 1 rings (SSSR count). The first-order valence-corrected chi connectivity index (χ1v) is 7.05. The Labute approximate surface area is 101 Å². The first-order chi connectivity index (χ1) is 7.98. The second kappa shape index (κ2) is 5.74. The molecule has 1 atom stereocenters. The predicted octanol–water partition coefficient (Wildman–Crippen LogP) is 2.51. The third kappa shape index (κ3) is 2.93. The van der Waals surface area contributed by atoms with Crippen LogP contribution >= 0.6 is 7.60 Å². The number of aliphatic hydroxyl groups is 1. The van der Waals surface area contributed by atoms with E-state index in [1.165, 1.54) is 13.1 Å². The van der Waals surface area contributed by atoms with Crippen LogP contribution in [-0.4, -0.2) is 23.3 Å². The zero-order valence-electron chi connectivity index (χ0n) is 10.3. The summed E-state index contributed by atoms with van der Waals surface area (Å²) in [4.78, 5) is 4.00. The summed E-state index contributed by atoms with van der Waals surface area (Å²) in [5, 5.41) is 8.64. The van der Waals surface area contributed by atoms with Crippen LogP contribution in [0.4, 0.5) is 0 Å². The number of rotatable bonds is 6. The van der Waals surface area contributed by atoms with Gasteiger partial charge in [-0.15, -0.1) is 0 Å². The van der Waals surface area contributed by atoms with Gasteiger partial charge in [0.25, 0.3) is 0 Å². The lowest BCUT2D eigenvalue weighted by Crippen LogP contribution is -2.25. The summed E-state index contributed by atoms with van der Waals surface area (Å²) in [6.07, 6.45) is 1.52. The van der Waals surface area contributed by atoms with E-state index in [2.05, 4.69) is 4.98 Å². The first kappa shape index (κ1) is 14.3. The molecule has 0 saturated heterocycles. The summed E-state index contributed by atoms with van der Waals surface area (Å²) in [6.45, 7) is 5.17. The van der Waals surface area contributed by atoms with E-state index in [-0.39, 0.29) is 18.9 Å². The van der Waals surface area contributed by atoms with Gasteiger partial charge in [-0.3, -0.25) is 9.55 Å². The maximum absolute atomic E-state index is 12.5. The lowest BCUT2D eigenvalue weighted by Gasteiger charge is -2.30. The molecular formula is C11H18NO4P. The van der Waals surface area contributed by atoms with Crippen molar-refractivity contribution in [3.8, 4) is 0 Å². The molecule has 0 radical (unpaired) electrons. The van der Waals surface area contributed by atoms with Crippen molar-refractivity contribution < 1.29 is 18.7 Å². The molecule has 0 aliphatic carbocycles. The molecule has 0 spiro atoms. The summed E-state index contributed by atoms with van der Waals surface area (Å²) < 4.78 is 22.8. The van der Waals surface area contributed by atoms with Gasteiger partial charge < -0.3 is 14.2 Å². The molecule has 6 heteroatoms. The van der Waals surface area contributed by atoms with E-state index in [1.807, 2.05) is 0 Å². The largest absolute Gasteiger partial charge is 0.372 e. The molecule has 0 saturated carbocycles. The molecule has 0 fully saturated rings. The van der Waals surface area contributed by atoms with Crippen LogP contribution in [0.2, 0.25) is 0 Å². The van der Waals surface area contributed by atoms with Crippen molar-refractivity contribution in [2.45, 2.75) is 26.1 Å². The second-order valence-electron chi connectivity index (χ2n) is 3.57. The van der Waals surface area contributed by atoms with E-state index in [9.17, 15) is 9.67 Å². The molecule has 17 heavy (non-hydrogen) atoms. The van der Waals surface area contributed by atoms with Gasteiger partial charge in [0, 0.05) is 6.20 Å². The minimum atomic E-state index is -3.65. The summed E-state index contributed by atoms with van der Waals surface area (Å²) in [5.74, 6) is 0. The van der Waals surface area contributed by atoms with E-state index in [0.717, 1.165) is 0 Å². The number of pyridine rings is 1. The highest BCUT2D eigenvalue weighted by Crippen LogP contribution is 2.62. The molecule has 96 valence electrons. The van der Waals surface area contributed by atoms with Gasteiger partial charge in [-0.05, 0) is 32.9 Å². The summed E-state index contributed by atoms with van der Waals surface area (Å²) in [5.41, 5.74) is 0.269. The minimum absolute atomic E-state index is 0.195. The highest BCUT2D eigenvalue weighted by atomic mass is 31.2. The van der Waals surface area contributed by atoms with Crippen LogP contribution < -0.4 is 0 Å². The quantitative estimate of drug-likeness (QED) is 0.795. The van der Waals surface area contributed by atoms with Gasteiger partial charge in [0.05, 0.1) is 18.9 Å². The highest BCUT2D eigenvalue weighted by Gasteiger charge is 2.48. The van der Waals surface area contributed by atoms with Gasteiger partial charge in [-0.1, -0.05) is 6.07 Å². The number of hydrogen-bond donors (Lipinski definition) is 1. The van der Waals surface area contributed by atoms with Crippen molar-refractivity contribution in [1.82, 2.24) is 4.98 Å². The van der Waals surface area contributed by atoms with Gasteiger partial charge in [0.1, 0.15) is 0 Å². The van der Waals surface area contributed by atoms with Crippen LogP contribution in [0.5, 0.6) is 0 Å². The Morgan fingerprint density at radius 2 is 1.94 bits per heavy atom. The van der Waals surface area contributed by atoms with Crippen molar-refractivity contribution >= 4 is 7.60 Å². The Bertz CT molecular complexity index is 384. The number of aromatic nitrogens is 1. The fourth-order valence-electron chi connectivity index (χ4n) is 1.41. The fourth-order valence-corrected chi connectivity index (χ4v) is 3.08. The average molecular weight is 259 g/mol. The molecule has 0 aromatic carbocycles. The van der Waals surface area contributed by atoms with Crippen LogP contribution in [-0.2, 0) is 19.0 Å². The van der Waals surface area contributed by atoms with Crippen LogP contribution in [0, 0.1) is 0 Å². The maximum Gasteiger partial charge on any atom is 0.367 e. The van der Waals surface area contributed by atoms with Gasteiger partial charge in [0.2, 0.25) is 5.34 Å². The molecule has 0 bridgehead atoms. The molecule has 0 amide bonds. The molecule has 0 aliphatic rings. The average Bonchev–Trinajstić information content (AvgIpc) is 2.30. The SMILES string of the molecule is CCOP(=O)(OCC)C(C)(O)c1ccccn1. The molecule has 0 aliphatic heterocycles. The van der Waals surface area contributed by atoms with Crippen molar-refractivity contribution in [3.63, 3.8) is 0 Å². The Kier molecular flexibility index (Phi) is 4.83. The van der Waals surface area contributed by atoms with Gasteiger partial charge in [0.15, 0.2) is 0 Å². The third-order valence-corrected chi connectivity index (χ3v) is 4.77. The van der Waals surface area contributed by atoms with Crippen LogP contribution in [0.1, 0.15) is 26.5 Å². The Hall–Kier alpha value is -0.740. The zero-order valence-corrected chi connectivity index (χ0v) is 11.2. The normalized spacial score (nSPS) is 15.5. The van der Waals surface area contributed by atoms with Crippen LogP contribution in [0.25, 0.3) is 0 Å². The molecule has 1 aromatic rings. The highest BCUT2D eigenvalue weighted by molar-refractivity contribution is 7.54.